The molecule has 2 heterocycles. The minimum atomic E-state index is 0. The molecule has 3 rings (SSSR count). The van der Waals surface area contributed by atoms with E-state index in [0.29, 0.717) is 0 Å². The predicted molar refractivity (Wildman–Crippen MR) is 69.3 cm³/mol. The molecule has 1 fully saturated rings. The molecule has 3 heteroatoms. The number of hydrogen-bond acceptors (Lipinski definition) is 2. The van der Waals surface area contributed by atoms with Crippen LogP contribution in [0.25, 0.3) is 10.1 Å². The van der Waals surface area contributed by atoms with Crippen molar-refractivity contribution in [1.29, 1.82) is 0 Å². The molecule has 0 aliphatic carbocycles. The van der Waals surface area contributed by atoms with E-state index in [-0.39, 0.29) is 12.4 Å². The number of fused-ring (bicyclic) bond motifs is 1. The average Bonchev–Trinajstić information content (AvgIpc) is 2.85. The quantitative estimate of drug-likeness (QED) is 0.805. The molecular formula is C12H14ClNS. The topological polar surface area (TPSA) is 12.0 Å². The maximum atomic E-state index is 3.43. The van der Waals surface area contributed by atoms with Crippen molar-refractivity contribution < 1.29 is 0 Å². The fourth-order valence-electron chi connectivity index (χ4n) is 2.23. The molecule has 1 aliphatic heterocycles. The van der Waals surface area contributed by atoms with Crippen LogP contribution >= 0.6 is 23.7 Å². The second-order valence-corrected chi connectivity index (χ2v) is 4.79. The van der Waals surface area contributed by atoms with Crippen LogP contribution in [0.15, 0.2) is 29.6 Å². The fourth-order valence-corrected chi connectivity index (χ4v) is 3.28. The maximum Gasteiger partial charge on any atom is 0.0345 e. The smallest absolute Gasteiger partial charge is 0.0345 e. The number of halogens is 1. The summed E-state index contributed by atoms with van der Waals surface area (Å²) in [5, 5.41) is 7.23. The van der Waals surface area contributed by atoms with Gasteiger partial charge in [-0.1, -0.05) is 18.2 Å². The van der Waals surface area contributed by atoms with Gasteiger partial charge in [-0.15, -0.1) is 23.7 Å². The van der Waals surface area contributed by atoms with Gasteiger partial charge in [0.25, 0.3) is 0 Å². The highest BCUT2D eigenvalue weighted by molar-refractivity contribution is 7.17. The summed E-state index contributed by atoms with van der Waals surface area (Å²) in [7, 11) is 0. The van der Waals surface area contributed by atoms with Crippen LogP contribution < -0.4 is 5.32 Å². The Labute approximate surface area is 99.9 Å². The first-order valence-corrected chi connectivity index (χ1v) is 6.00. The van der Waals surface area contributed by atoms with Gasteiger partial charge in [0.2, 0.25) is 0 Å². The minimum absolute atomic E-state index is 0. The van der Waals surface area contributed by atoms with Crippen LogP contribution in [-0.2, 0) is 0 Å². The van der Waals surface area contributed by atoms with E-state index in [1.807, 2.05) is 11.3 Å². The number of thiophene rings is 1. The first-order valence-electron chi connectivity index (χ1n) is 5.12. The number of rotatable bonds is 1. The van der Waals surface area contributed by atoms with Gasteiger partial charge in [-0.3, -0.25) is 0 Å². The molecule has 0 spiro atoms. The largest absolute Gasteiger partial charge is 0.316 e. The monoisotopic (exact) mass is 239 g/mol. The molecule has 0 saturated carbocycles. The zero-order chi connectivity index (χ0) is 9.38. The lowest BCUT2D eigenvalue weighted by molar-refractivity contribution is 0.772. The molecule has 1 nitrogen and oxygen atoms in total. The third kappa shape index (κ3) is 1.89. The summed E-state index contributed by atoms with van der Waals surface area (Å²) >= 11 is 1.87. The van der Waals surface area contributed by atoms with Gasteiger partial charge in [0.15, 0.2) is 0 Å². The second kappa shape index (κ2) is 4.52. The molecule has 1 aliphatic rings. The number of hydrogen-bond donors (Lipinski definition) is 1. The SMILES string of the molecule is Cl.c1ccc2c(C3CCNC3)csc2c1. The van der Waals surface area contributed by atoms with Crippen LogP contribution in [0.1, 0.15) is 17.9 Å². The average molecular weight is 240 g/mol. The van der Waals surface area contributed by atoms with Crippen LogP contribution in [0.4, 0.5) is 0 Å². The van der Waals surface area contributed by atoms with Crippen LogP contribution in [-0.4, -0.2) is 13.1 Å². The Kier molecular flexibility index (Phi) is 3.29. The van der Waals surface area contributed by atoms with Gasteiger partial charge in [-0.2, -0.15) is 0 Å². The predicted octanol–water partition coefficient (Wildman–Crippen LogP) is 3.40. The zero-order valence-corrected chi connectivity index (χ0v) is 10.0. The lowest BCUT2D eigenvalue weighted by Crippen LogP contribution is -2.07. The van der Waals surface area contributed by atoms with Gasteiger partial charge in [0, 0.05) is 11.2 Å². The van der Waals surface area contributed by atoms with E-state index in [1.54, 1.807) is 5.56 Å². The standard InChI is InChI=1S/C12H13NS.ClH/c1-2-4-12-10(3-1)11(8-14-12)9-5-6-13-7-9;/h1-4,8-9,13H,5-7H2;1H. The summed E-state index contributed by atoms with van der Waals surface area (Å²) in [6.45, 7) is 2.33. The highest BCUT2D eigenvalue weighted by atomic mass is 35.5. The maximum absolute atomic E-state index is 3.43. The summed E-state index contributed by atoms with van der Waals surface area (Å²) in [6, 6.07) is 8.72. The van der Waals surface area contributed by atoms with Gasteiger partial charge in [0.05, 0.1) is 0 Å². The highest BCUT2D eigenvalue weighted by Gasteiger charge is 2.19. The normalized spacial score (nSPS) is 20.4. The van der Waals surface area contributed by atoms with Crippen molar-refractivity contribution in [3.63, 3.8) is 0 Å². The Morgan fingerprint density at radius 1 is 1.27 bits per heavy atom. The lowest BCUT2D eigenvalue weighted by atomic mass is 9.98. The van der Waals surface area contributed by atoms with E-state index in [0.717, 1.165) is 12.5 Å². The molecule has 2 aromatic rings. The van der Waals surface area contributed by atoms with Crippen LogP contribution in [0.5, 0.6) is 0 Å². The van der Waals surface area contributed by atoms with Crippen molar-refractivity contribution in [2.24, 2.45) is 0 Å². The van der Waals surface area contributed by atoms with E-state index in [1.165, 1.54) is 23.1 Å². The Hall–Kier alpha value is -0.570. The summed E-state index contributed by atoms with van der Waals surface area (Å²) in [6.07, 6.45) is 1.29. The zero-order valence-electron chi connectivity index (χ0n) is 8.40. The molecule has 1 unspecified atom stereocenters. The highest BCUT2D eigenvalue weighted by Crippen LogP contribution is 2.33. The van der Waals surface area contributed by atoms with Crippen LogP contribution in [0, 0.1) is 0 Å². The third-order valence-corrected chi connectivity index (χ3v) is 3.99. The Morgan fingerprint density at radius 3 is 2.93 bits per heavy atom. The molecule has 1 aromatic heterocycles. The number of nitrogens with one attached hydrogen (secondary N) is 1. The molecule has 1 N–H and O–H groups in total. The lowest BCUT2D eigenvalue weighted by Gasteiger charge is -2.06. The van der Waals surface area contributed by atoms with Crippen molar-refractivity contribution in [3.05, 3.63) is 35.2 Å². The molecule has 0 radical (unpaired) electrons. The van der Waals surface area contributed by atoms with Crippen molar-refractivity contribution in [2.75, 3.05) is 13.1 Å². The van der Waals surface area contributed by atoms with Gasteiger partial charge in [-0.05, 0) is 41.3 Å². The van der Waals surface area contributed by atoms with Crippen molar-refractivity contribution in [2.45, 2.75) is 12.3 Å². The Balaban J connectivity index is 0.000000853. The Bertz CT molecular complexity index is 446. The Morgan fingerprint density at radius 2 is 2.13 bits per heavy atom. The summed E-state index contributed by atoms with van der Waals surface area (Å²) in [5.41, 5.74) is 1.55. The van der Waals surface area contributed by atoms with Gasteiger partial charge >= 0.3 is 0 Å². The molecule has 0 bridgehead atoms. The number of benzene rings is 1. The molecule has 0 amide bonds. The van der Waals surface area contributed by atoms with Gasteiger partial charge < -0.3 is 5.32 Å². The summed E-state index contributed by atoms with van der Waals surface area (Å²) in [5.74, 6) is 0.742. The van der Waals surface area contributed by atoms with E-state index in [4.69, 9.17) is 0 Å². The van der Waals surface area contributed by atoms with Crippen molar-refractivity contribution in [1.82, 2.24) is 5.32 Å². The van der Waals surface area contributed by atoms with E-state index < -0.39 is 0 Å². The fraction of sp³-hybridized carbons (Fsp3) is 0.333. The molecule has 1 aromatic carbocycles. The summed E-state index contributed by atoms with van der Waals surface area (Å²) in [4.78, 5) is 0. The molecule has 1 atom stereocenters. The molecule has 15 heavy (non-hydrogen) atoms. The summed E-state index contributed by atoms with van der Waals surface area (Å²) < 4.78 is 1.43. The van der Waals surface area contributed by atoms with Crippen molar-refractivity contribution >= 4 is 33.8 Å². The van der Waals surface area contributed by atoms with Gasteiger partial charge in [0.1, 0.15) is 0 Å². The van der Waals surface area contributed by atoms with Crippen LogP contribution in [0.2, 0.25) is 0 Å². The molecular weight excluding hydrogens is 226 g/mol. The first-order chi connectivity index (χ1) is 6.95. The molecule has 1 saturated heterocycles. The minimum Gasteiger partial charge on any atom is -0.316 e. The molecule has 80 valence electrons. The third-order valence-electron chi connectivity index (χ3n) is 3.01. The van der Waals surface area contributed by atoms with Crippen LogP contribution in [0.3, 0.4) is 0 Å². The first kappa shape index (κ1) is 10.9. The second-order valence-electron chi connectivity index (χ2n) is 3.88. The van der Waals surface area contributed by atoms with E-state index in [9.17, 15) is 0 Å². The van der Waals surface area contributed by atoms with E-state index in [2.05, 4.69) is 35.0 Å². The van der Waals surface area contributed by atoms with E-state index >= 15 is 0 Å². The van der Waals surface area contributed by atoms with Gasteiger partial charge in [-0.25, -0.2) is 0 Å². The van der Waals surface area contributed by atoms with Crippen molar-refractivity contribution in [3.8, 4) is 0 Å².